The predicted molar refractivity (Wildman–Crippen MR) is 214 cm³/mol. The van der Waals surface area contributed by atoms with Crippen LogP contribution in [0.15, 0.2) is 121 Å². The number of hydrogen-bond donors (Lipinski definition) is 2. The van der Waals surface area contributed by atoms with Crippen LogP contribution in [0.3, 0.4) is 0 Å². The number of ether oxygens (including phenoxy) is 1. The molecule has 0 bridgehead atoms. The molecule has 11 heteroatoms. The van der Waals surface area contributed by atoms with Gasteiger partial charge >= 0.3 is 12.0 Å². The van der Waals surface area contributed by atoms with Crippen molar-refractivity contribution >= 4 is 51.7 Å². The van der Waals surface area contributed by atoms with Gasteiger partial charge in [0.2, 0.25) is 11.7 Å². The quantitative estimate of drug-likeness (QED) is 0.112. The molecule has 288 valence electrons. The van der Waals surface area contributed by atoms with Crippen LogP contribution < -0.4 is 26.5 Å². The Balaban J connectivity index is 1.73. The Morgan fingerprint density at radius 3 is 1.62 bits per heavy atom. The molecular formula is C44H48F2N3O5P. The first kappa shape index (κ1) is 42.4. The van der Waals surface area contributed by atoms with E-state index in [0.717, 1.165) is 12.5 Å². The van der Waals surface area contributed by atoms with Crippen molar-refractivity contribution < 1.29 is 32.7 Å². The fraction of sp³-hybridized carbons (Fsp3) is 0.318. The molecule has 8 nitrogen and oxygen atoms in total. The molecule has 0 heterocycles. The van der Waals surface area contributed by atoms with Crippen molar-refractivity contribution in [1.82, 2.24) is 10.6 Å². The molecule has 0 saturated carbocycles. The Kier molecular flexibility index (Phi) is 14.8. The summed E-state index contributed by atoms with van der Waals surface area (Å²) in [4.78, 5) is 55.1. The minimum absolute atomic E-state index is 0.0192. The lowest BCUT2D eigenvalue weighted by Crippen LogP contribution is -2.56. The Hall–Kier alpha value is -5.39. The van der Waals surface area contributed by atoms with Crippen molar-refractivity contribution in [3.8, 4) is 6.07 Å². The van der Waals surface area contributed by atoms with Crippen molar-refractivity contribution in [3.63, 3.8) is 0 Å². The van der Waals surface area contributed by atoms with Crippen LogP contribution in [0, 0.1) is 29.1 Å². The van der Waals surface area contributed by atoms with Crippen LogP contribution in [0.4, 0.5) is 13.6 Å². The van der Waals surface area contributed by atoms with Gasteiger partial charge < -0.3 is 15.4 Å². The Bertz CT molecular complexity index is 1920. The molecule has 2 N–H and O–H groups in total. The second-order valence-corrected chi connectivity index (χ2v) is 17.3. The molecule has 1 unspecified atom stereocenters. The largest absolute Gasteiger partial charge is 0.445 e. The van der Waals surface area contributed by atoms with Crippen molar-refractivity contribution in [3.05, 3.63) is 127 Å². The van der Waals surface area contributed by atoms with E-state index in [4.69, 9.17) is 4.74 Å². The van der Waals surface area contributed by atoms with Crippen LogP contribution in [-0.2, 0) is 25.7 Å². The zero-order valence-corrected chi connectivity index (χ0v) is 32.6. The van der Waals surface area contributed by atoms with Gasteiger partial charge in [-0.3, -0.25) is 14.4 Å². The van der Waals surface area contributed by atoms with Gasteiger partial charge in [0.05, 0.1) is 12.0 Å². The SMILES string of the molecule is CC[C@H](C)[C@H](NC(=O)OCc1ccccc1)C(=O)N[C@@H](CC(C)C)C(=O)C(C)C(F)(F)C(=O)C(C#N)=P(c1ccccc1)(c1ccccc1)c1ccccc1. The summed E-state index contributed by atoms with van der Waals surface area (Å²) in [7, 11) is 0. The van der Waals surface area contributed by atoms with E-state index in [1.165, 1.54) is 0 Å². The molecule has 0 spiro atoms. The zero-order chi connectivity index (χ0) is 40.2. The fourth-order valence-electron chi connectivity index (χ4n) is 6.48. The number of nitrogens with zero attached hydrogens (tertiary/aromatic N) is 1. The third kappa shape index (κ3) is 9.84. The Labute approximate surface area is 322 Å². The molecule has 55 heavy (non-hydrogen) atoms. The summed E-state index contributed by atoms with van der Waals surface area (Å²) in [6.07, 6.45) is -0.414. The van der Waals surface area contributed by atoms with E-state index < -0.39 is 65.6 Å². The third-order valence-electron chi connectivity index (χ3n) is 9.71. The number of nitriles is 1. The molecule has 0 radical (unpaired) electrons. The molecule has 4 aromatic carbocycles. The molecule has 0 aliphatic heterocycles. The van der Waals surface area contributed by atoms with Crippen LogP contribution in [0.1, 0.15) is 53.0 Å². The van der Waals surface area contributed by atoms with Gasteiger partial charge in [0.1, 0.15) is 24.0 Å². The molecule has 0 aliphatic rings. The fourth-order valence-corrected chi connectivity index (χ4v) is 10.6. The molecule has 2 amide bonds. The first-order chi connectivity index (χ1) is 26.3. The van der Waals surface area contributed by atoms with Gasteiger partial charge in [0.25, 0.3) is 0 Å². The number of carbonyl (C=O) groups excluding carboxylic acids is 4. The van der Waals surface area contributed by atoms with Gasteiger partial charge in [-0.05, 0) is 53.5 Å². The predicted octanol–water partition coefficient (Wildman–Crippen LogP) is 6.96. The topological polar surface area (TPSA) is 125 Å². The summed E-state index contributed by atoms with van der Waals surface area (Å²) in [5.74, 6) is -10.8. The molecule has 0 aliphatic carbocycles. The minimum atomic E-state index is -4.35. The second-order valence-electron chi connectivity index (χ2n) is 14.0. The lowest BCUT2D eigenvalue weighted by molar-refractivity contribution is -0.152. The van der Waals surface area contributed by atoms with Crippen LogP contribution in [0.5, 0.6) is 0 Å². The summed E-state index contributed by atoms with van der Waals surface area (Å²) in [6.45, 7) is 4.47. The first-order valence-corrected chi connectivity index (χ1v) is 20.1. The van der Waals surface area contributed by atoms with Gasteiger partial charge in [0.15, 0.2) is 5.78 Å². The minimum Gasteiger partial charge on any atom is -0.445 e. The maximum atomic E-state index is 16.8. The first-order valence-electron chi connectivity index (χ1n) is 18.4. The maximum Gasteiger partial charge on any atom is 0.408 e. The Morgan fingerprint density at radius 1 is 0.745 bits per heavy atom. The van der Waals surface area contributed by atoms with E-state index in [2.05, 4.69) is 10.6 Å². The van der Waals surface area contributed by atoms with Crippen molar-refractivity contribution in [2.45, 2.75) is 72.1 Å². The van der Waals surface area contributed by atoms with Gasteiger partial charge in [-0.25, -0.2) is 4.79 Å². The van der Waals surface area contributed by atoms with E-state index in [-0.39, 0.29) is 18.9 Å². The second kappa shape index (κ2) is 19.3. The van der Waals surface area contributed by atoms with E-state index in [1.54, 1.807) is 136 Å². The summed E-state index contributed by atoms with van der Waals surface area (Å²) in [6, 6.07) is 34.2. The molecule has 4 rings (SSSR count). The smallest absolute Gasteiger partial charge is 0.408 e. The molecule has 4 aromatic rings. The number of hydrogen-bond acceptors (Lipinski definition) is 6. The standard InChI is InChI=1S/C44H48F2N3O5P/c1-6-31(4)39(49-43(53)54-29-33-19-11-7-12-20-33)42(52)48-37(27-30(2)3)40(50)32(5)44(45,46)41(51)38(28-47)55(34-21-13-8-14-22-34,35-23-15-9-16-24-35)36-25-17-10-18-26-36/h7-26,30-32,37,39H,6,27,29H2,1-5H3,(H,48,52)(H,49,53)/t31-,32?,37-,39-/m0/s1. The number of Topliss-reactive ketones (excluding diaryl/α,β-unsaturated/α-hetero) is 2. The zero-order valence-electron chi connectivity index (χ0n) is 31.7. The van der Waals surface area contributed by atoms with Crippen LogP contribution in [0.25, 0.3) is 0 Å². The number of amides is 2. The van der Waals surface area contributed by atoms with Crippen LogP contribution >= 0.6 is 6.89 Å². The normalized spacial score (nSPS) is 13.7. The summed E-state index contributed by atoms with van der Waals surface area (Å²) in [5, 5.41) is 16.8. The van der Waals surface area contributed by atoms with Crippen molar-refractivity contribution in [2.75, 3.05) is 0 Å². The summed E-state index contributed by atoms with van der Waals surface area (Å²) in [5.41, 5.74) is 0.738. The van der Waals surface area contributed by atoms with E-state index in [9.17, 15) is 24.4 Å². The number of alkyl carbamates (subject to hydrolysis) is 1. The van der Waals surface area contributed by atoms with Gasteiger partial charge in [-0.1, -0.05) is 155 Å². The average Bonchev–Trinajstić information content (AvgIpc) is 3.20. The van der Waals surface area contributed by atoms with Crippen molar-refractivity contribution in [1.29, 1.82) is 5.26 Å². The molecule has 0 aromatic heterocycles. The van der Waals surface area contributed by atoms with Crippen molar-refractivity contribution in [2.24, 2.45) is 17.8 Å². The number of benzene rings is 4. The summed E-state index contributed by atoms with van der Waals surface area (Å²) < 4.78 is 39.0. The third-order valence-corrected chi connectivity index (χ3v) is 13.9. The highest BCUT2D eigenvalue weighted by Gasteiger charge is 2.53. The number of nitrogens with one attached hydrogen (secondary N) is 2. The number of halogens is 2. The van der Waals surface area contributed by atoms with E-state index in [1.807, 2.05) is 19.1 Å². The molecule has 0 saturated heterocycles. The average molecular weight is 768 g/mol. The number of alkyl halides is 2. The molecule has 0 fully saturated rings. The Morgan fingerprint density at radius 2 is 1.20 bits per heavy atom. The lowest BCUT2D eigenvalue weighted by atomic mass is 9.86. The highest BCUT2D eigenvalue weighted by Crippen LogP contribution is 2.47. The van der Waals surface area contributed by atoms with Gasteiger partial charge in [-0.15, -0.1) is 0 Å². The maximum absolute atomic E-state index is 16.8. The monoisotopic (exact) mass is 767 g/mol. The van der Waals surface area contributed by atoms with Crippen LogP contribution in [-0.4, -0.2) is 46.9 Å². The van der Waals surface area contributed by atoms with Gasteiger partial charge in [0, 0.05) is 0 Å². The molecular weight excluding hydrogens is 719 g/mol. The number of ketones is 2. The highest BCUT2D eigenvalue weighted by molar-refractivity contribution is 7.97. The number of rotatable bonds is 17. The molecule has 4 atom stereocenters. The van der Waals surface area contributed by atoms with Crippen LogP contribution in [0.2, 0.25) is 0 Å². The lowest BCUT2D eigenvalue weighted by Gasteiger charge is -2.32. The number of carbonyl (C=O) groups is 4. The van der Waals surface area contributed by atoms with E-state index >= 15 is 8.78 Å². The summed E-state index contributed by atoms with van der Waals surface area (Å²) >= 11 is 0. The van der Waals surface area contributed by atoms with Gasteiger partial charge in [-0.2, -0.15) is 14.0 Å². The highest BCUT2D eigenvalue weighted by atomic mass is 31.2. The van der Waals surface area contributed by atoms with E-state index in [0.29, 0.717) is 22.3 Å².